The average Bonchev–Trinajstić information content (AvgIpc) is 2.62. The molecule has 0 saturated carbocycles. The Labute approximate surface area is 152 Å². The largest absolute Gasteiger partial charge is 0.207 e. The third kappa shape index (κ3) is 2.76. The molecule has 0 spiro atoms. The van der Waals surface area contributed by atoms with Gasteiger partial charge in [-0.05, 0) is 66.1 Å². The van der Waals surface area contributed by atoms with E-state index in [1.54, 1.807) is 6.07 Å². The van der Waals surface area contributed by atoms with Crippen molar-refractivity contribution in [2.24, 2.45) is 0 Å². The van der Waals surface area contributed by atoms with Gasteiger partial charge < -0.3 is 0 Å². The lowest BCUT2D eigenvalue weighted by Crippen LogP contribution is -1.98. The average molecular weight is 346 g/mol. The SMILES string of the molecule is Cc1ccc2cc(Cc3c(C)ccc4c(F)c(C)c(F)cc34)ccc2c1. The summed E-state index contributed by atoms with van der Waals surface area (Å²) in [6.45, 7) is 5.56. The third-order valence-corrected chi connectivity index (χ3v) is 5.23. The first kappa shape index (κ1) is 16.7. The number of benzene rings is 4. The van der Waals surface area contributed by atoms with Gasteiger partial charge in [-0.15, -0.1) is 0 Å². The van der Waals surface area contributed by atoms with Gasteiger partial charge in [0.05, 0.1) is 0 Å². The van der Waals surface area contributed by atoms with Crippen molar-refractivity contribution in [1.29, 1.82) is 0 Å². The molecule has 4 aromatic carbocycles. The fourth-order valence-corrected chi connectivity index (χ4v) is 3.64. The van der Waals surface area contributed by atoms with Crippen LogP contribution in [0, 0.1) is 32.4 Å². The number of fused-ring (bicyclic) bond motifs is 2. The molecule has 0 aromatic heterocycles. The molecule has 0 fully saturated rings. The first-order valence-corrected chi connectivity index (χ1v) is 8.80. The molecule has 0 aliphatic rings. The van der Waals surface area contributed by atoms with Gasteiger partial charge in [0.25, 0.3) is 0 Å². The molecule has 0 unspecified atom stereocenters. The Morgan fingerprint density at radius 2 is 1.46 bits per heavy atom. The molecule has 0 aliphatic carbocycles. The van der Waals surface area contributed by atoms with Gasteiger partial charge in [0.2, 0.25) is 0 Å². The predicted octanol–water partition coefficient (Wildman–Crippen LogP) is 6.79. The highest BCUT2D eigenvalue weighted by Gasteiger charge is 2.14. The summed E-state index contributed by atoms with van der Waals surface area (Å²) in [6, 6.07) is 17.9. The molecule has 0 radical (unpaired) electrons. The Hall–Kier alpha value is -2.74. The summed E-state index contributed by atoms with van der Waals surface area (Å²) in [5.41, 5.74) is 4.47. The summed E-state index contributed by atoms with van der Waals surface area (Å²) in [4.78, 5) is 0. The Balaban J connectivity index is 1.87. The van der Waals surface area contributed by atoms with E-state index in [4.69, 9.17) is 0 Å². The minimum absolute atomic E-state index is 0.0772. The van der Waals surface area contributed by atoms with E-state index < -0.39 is 11.6 Å². The zero-order valence-electron chi connectivity index (χ0n) is 15.2. The van der Waals surface area contributed by atoms with E-state index in [0.717, 1.165) is 16.7 Å². The molecule has 130 valence electrons. The maximum absolute atomic E-state index is 14.5. The standard InChI is InChI=1S/C24H20F2/c1-14-4-7-19-11-17(6-8-18(19)10-14)12-21-15(2)5-9-20-22(21)13-23(25)16(3)24(20)26/h4-11,13H,12H2,1-3H3. The molecule has 0 saturated heterocycles. The monoisotopic (exact) mass is 346 g/mol. The predicted molar refractivity (Wildman–Crippen MR) is 105 cm³/mol. The van der Waals surface area contributed by atoms with Crippen LogP contribution < -0.4 is 0 Å². The van der Waals surface area contributed by atoms with E-state index in [9.17, 15) is 8.78 Å². The third-order valence-electron chi connectivity index (χ3n) is 5.23. The lowest BCUT2D eigenvalue weighted by molar-refractivity contribution is 0.577. The van der Waals surface area contributed by atoms with Crippen LogP contribution in [0.2, 0.25) is 0 Å². The molecule has 0 heterocycles. The summed E-state index contributed by atoms with van der Waals surface area (Å²) >= 11 is 0. The van der Waals surface area contributed by atoms with E-state index in [0.29, 0.717) is 17.2 Å². The van der Waals surface area contributed by atoms with Crippen LogP contribution in [0.5, 0.6) is 0 Å². The van der Waals surface area contributed by atoms with Gasteiger partial charge in [-0.25, -0.2) is 8.78 Å². The zero-order chi connectivity index (χ0) is 18.4. The van der Waals surface area contributed by atoms with Gasteiger partial charge in [-0.1, -0.05) is 54.1 Å². The van der Waals surface area contributed by atoms with E-state index >= 15 is 0 Å². The van der Waals surface area contributed by atoms with E-state index in [1.165, 1.54) is 29.3 Å². The zero-order valence-corrected chi connectivity index (χ0v) is 15.2. The Bertz CT molecular complexity index is 1160. The van der Waals surface area contributed by atoms with E-state index in [-0.39, 0.29) is 5.56 Å². The van der Waals surface area contributed by atoms with Crippen LogP contribution >= 0.6 is 0 Å². The minimum atomic E-state index is -0.490. The summed E-state index contributed by atoms with van der Waals surface area (Å²) in [5, 5.41) is 3.53. The first-order chi connectivity index (χ1) is 12.4. The number of hydrogen-bond acceptors (Lipinski definition) is 0. The van der Waals surface area contributed by atoms with Crippen molar-refractivity contribution >= 4 is 21.5 Å². The van der Waals surface area contributed by atoms with Gasteiger partial charge >= 0.3 is 0 Å². The van der Waals surface area contributed by atoms with Crippen LogP contribution in [-0.2, 0) is 6.42 Å². The van der Waals surface area contributed by atoms with E-state index in [1.807, 2.05) is 13.0 Å². The van der Waals surface area contributed by atoms with Crippen molar-refractivity contribution < 1.29 is 8.78 Å². The lowest BCUT2D eigenvalue weighted by atomic mass is 9.92. The Morgan fingerprint density at radius 3 is 2.27 bits per heavy atom. The van der Waals surface area contributed by atoms with Gasteiger partial charge in [0.15, 0.2) is 0 Å². The molecule has 4 rings (SSSR count). The molecule has 0 bridgehead atoms. The van der Waals surface area contributed by atoms with Crippen LogP contribution in [0.1, 0.15) is 27.8 Å². The van der Waals surface area contributed by atoms with Crippen LogP contribution in [0.3, 0.4) is 0 Å². The number of halogens is 2. The smallest absolute Gasteiger partial charge is 0.136 e. The maximum atomic E-state index is 14.5. The molecule has 0 nitrogen and oxygen atoms in total. The topological polar surface area (TPSA) is 0 Å². The quantitative estimate of drug-likeness (QED) is 0.375. The number of hydrogen-bond donors (Lipinski definition) is 0. The molecule has 2 heteroatoms. The van der Waals surface area contributed by atoms with Crippen LogP contribution in [-0.4, -0.2) is 0 Å². The highest BCUT2D eigenvalue weighted by molar-refractivity contribution is 5.89. The molecule has 26 heavy (non-hydrogen) atoms. The van der Waals surface area contributed by atoms with Crippen molar-refractivity contribution in [2.45, 2.75) is 27.2 Å². The van der Waals surface area contributed by atoms with E-state index in [2.05, 4.69) is 43.3 Å². The molecular weight excluding hydrogens is 326 g/mol. The Kier molecular flexibility index (Phi) is 3.99. The molecule has 4 aromatic rings. The van der Waals surface area contributed by atoms with Crippen molar-refractivity contribution in [3.8, 4) is 0 Å². The second kappa shape index (κ2) is 6.21. The summed E-state index contributed by atoms with van der Waals surface area (Å²) < 4.78 is 28.7. The number of rotatable bonds is 2. The second-order valence-corrected chi connectivity index (χ2v) is 7.12. The summed E-state index contributed by atoms with van der Waals surface area (Å²) in [6.07, 6.45) is 0.648. The summed E-state index contributed by atoms with van der Waals surface area (Å²) in [5.74, 6) is -0.953. The number of aryl methyl sites for hydroxylation is 2. The van der Waals surface area contributed by atoms with Crippen molar-refractivity contribution in [3.63, 3.8) is 0 Å². The van der Waals surface area contributed by atoms with Gasteiger partial charge in [-0.2, -0.15) is 0 Å². The summed E-state index contributed by atoms with van der Waals surface area (Å²) in [7, 11) is 0. The van der Waals surface area contributed by atoms with Crippen LogP contribution in [0.4, 0.5) is 8.78 Å². The molecule has 0 N–H and O–H groups in total. The first-order valence-electron chi connectivity index (χ1n) is 8.80. The Morgan fingerprint density at radius 1 is 0.731 bits per heavy atom. The highest BCUT2D eigenvalue weighted by Crippen LogP contribution is 2.30. The van der Waals surface area contributed by atoms with Gasteiger partial charge in [0, 0.05) is 10.9 Å². The van der Waals surface area contributed by atoms with Crippen LogP contribution in [0.25, 0.3) is 21.5 Å². The van der Waals surface area contributed by atoms with Crippen molar-refractivity contribution in [3.05, 3.63) is 94.0 Å². The molecular formula is C24H20F2. The molecule has 0 atom stereocenters. The van der Waals surface area contributed by atoms with Crippen molar-refractivity contribution in [1.82, 2.24) is 0 Å². The van der Waals surface area contributed by atoms with Crippen LogP contribution in [0.15, 0.2) is 54.6 Å². The van der Waals surface area contributed by atoms with Gasteiger partial charge in [0.1, 0.15) is 11.6 Å². The van der Waals surface area contributed by atoms with Gasteiger partial charge in [-0.3, -0.25) is 0 Å². The lowest BCUT2D eigenvalue weighted by Gasteiger charge is -2.13. The normalized spacial score (nSPS) is 11.4. The van der Waals surface area contributed by atoms with Crippen molar-refractivity contribution in [2.75, 3.05) is 0 Å². The fraction of sp³-hybridized carbons (Fsp3) is 0.167. The fourth-order valence-electron chi connectivity index (χ4n) is 3.64. The second-order valence-electron chi connectivity index (χ2n) is 7.12. The maximum Gasteiger partial charge on any atom is 0.136 e. The highest BCUT2D eigenvalue weighted by atomic mass is 19.1. The molecule has 0 aliphatic heterocycles. The molecule has 0 amide bonds. The minimum Gasteiger partial charge on any atom is -0.207 e.